The van der Waals surface area contributed by atoms with Crippen LogP contribution < -0.4 is 4.90 Å². The van der Waals surface area contributed by atoms with Gasteiger partial charge in [0.1, 0.15) is 5.82 Å². The SMILES string of the molecule is O=C(c1ccc(F)cc1)N1C[C@@H]2CN(c3ncccn3)C[C@@H]2C1. The van der Waals surface area contributed by atoms with Crippen molar-refractivity contribution in [1.82, 2.24) is 14.9 Å². The molecule has 1 amide bonds. The van der Waals surface area contributed by atoms with E-state index in [1.807, 2.05) is 11.0 Å². The van der Waals surface area contributed by atoms with Gasteiger partial charge in [-0.1, -0.05) is 0 Å². The van der Waals surface area contributed by atoms with E-state index in [2.05, 4.69) is 14.9 Å². The first-order chi connectivity index (χ1) is 11.2. The van der Waals surface area contributed by atoms with Crippen molar-refractivity contribution in [3.63, 3.8) is 0 Å². The van der Waals surface area contributed by atoms with Gasteiger partial charge in [-0.3, -0.25) is 4.79 Å². The Morgan fingerprint density at radius 1 is 1.00 bits per heavy atom. The second-order valence-corrected chi connectivity index (χ2v) is 6.19. The van der Waals surface area contributed by atoms with Gasteiger partial charge in [0, 0.05) is 56.0 Å². The second kappa shape index (κ2) is 5.61. The molecular formula is C17H17FN4O. The standard InChI is InChI=1S/C17H17FN4O/c18-15-4-2-12(3-5-15)16(23)21-8-13-10-22(11-14(13)9-21)17-19-6-1-7-20-17/h1-7,13-14H,8-11H2/t13-,14+. The molecule has 2 fully saturated rings. The van der Waals surface area contributed by atoms with Crippen molar-refractivity contribution in [2.75, 3.05) is 31.1 Å². The molecule has 0 aliphatic carbocycles. The summed E-state index contributed by atoms with van der Waals surface area (Å²) in [6, 6.07) is 7.58. The van der Waals surface area contributed by atoms with Crippen molar-refractivity contribution in [3.8, 4) is 0 Å². The Morgan fingerprint density at radius 3 is 2.22 bits per heavy atom. The highest BCUT2D eigenvalue weighted by atomic mass is 19.1. The molecule has 0 bridgehead atoms. The molecule has 4 rings (SSSR count). The minimum atomic E-state index is -0.321. The Hall–Kier alpha value is -2.50. The van der Waals surface area contributed by atoms with Gasteiger partial charge in [-0.15, -0.1) is 0 Å². The fraction of sp³-hybridized carbons (Fsp3) is 0.353. The van der Waals surface area contributed by atoms with E-state index in [1.54, 1.807) is 24.5 Å². The zero-order valence-electron chi connectivity index (χ0n) is 12.6. The van der Waals surface area contributed by atoms with E-state index in [0.29, 0.717) is 17.4 Å². The summed E-state index contributed by atoms with van der Waals surface area (Å²) in [5.41, 5.74) is 0.551. The van der Waals surface area contributed by atoms with Crippen LogP contribution in [-0.4, -0.2) is 47.0 Å². The normalized spacial score (nSPS) is 23.2. The Morgan fingerprint density at radius 2 is 1.61 bits per heavy atom. The molecule has 0 saturated carbocycles. The zero-order chi connectivity index (χ0) is 15.8. The summed E-state index contributed by atoms with van der Waals surface area (Å²) in [5.74, 6) is 1.32. The van der Waals surface area contributed by atoms with E-state index in [4.69, 9.17) is 0 Å². The highest BCUT2D eigenvalue weighted by molar-refractivity contribution is 5.94. The third-order valence-corrected chi connectivity index (χ3v) is 4.70. The van der Waals surface area contributed by atoms with Crippen LogP contribution in [0.15, 0.2) is 42.7 Å². The van der Waals surface area contributed by atoms with Crippen LogP contribution in [0.1, 0.15) is 10.4 Å². The summed E-state index contributed by atoms with van der Waals surface area (Å²) >= 11 is 0. The molecule has 0 radical (unpaired) electrons. The highest BCUT2D eigenvalue weighted by Gasteiger charge is 2.42. The van der Waals surface area contributed by atoms with Gasteiger partial charge in [-0.05, 0) is 30.3 Å². The maximum absolute atomic E-state index is 13.0. The van der Waals surface area contributed by atoms with Crippen LogP contribution in [0.2, 0.25) is 0 Å². The van der Waals surface area contributed by atoms with Crippen molar-refractivity contribution < 1.29 is 9.18 Å². The van der Waals surface area contributed by atoms with Crippen LogP contribution in [0.3, 0.4) is 0 Å². The molecule has 2 aliphatic heterocycles. The fourth-order valence-electron chi connectivity index (χ4n) is 3.55. The van der Waals surface area contributed by atoms with Gasteiger partial charge in [0.05, 0.1) is 0 Å². The van der Waals surface area contributed by atoms with Crippen molar-refractivity contribution in [1.29, 1.82) is 0 Å². The van der Waals surface area contributed by atoms with Crippen LogP contribution in [0.25, 0.3) is 0 Å². The summed E-state index contributed by atoms with van der Waals surface area (Å²) in [6.45, 7) is 3.23. The number of fused-ring (bicyclic) bond motifs is 1. The van der Waals surface area contributed by atoms with Gasteiger partial charge in [0.2, 0.25) is 5.95 Å². The first-order valence-corrected chi connectivity index (χ1v) is 7.77. The number of aromatic nitrogens is 2. The van der Waals surface area contributed by atoms with Crippen molar-refractivity contribution >= 4 is 11.9 Å². The number of carbonyl (C=O) groups excluding carboxylic acids is 1. The minimum Gasteiger partial charge on any atom is -0.340 e. The third-order valence-electron chi connectivity index (χ3n) is 4.70. The van der Waals surface area contributed by atoms with Crippen LogP contribution >= 0.6 is 0 Å². The number of carbonyl (C=O) groups is 1. The summed E-state index contributed by atoms with van der Waals surface area (Å²) in [6.07, 6.45) is 3.50. The molecule has 0 spiro atoms. The smallest absolute Gasteiger partial charge is 0.253 e. The van der Waals surface area contributed by atoms with Crippen LogP contribution in [0, 0.1) is 17.7 Å². The second-order valence-electron chi connectivity index (χ2n) is 6.19. The minimum absolute atomic E-state index is 0.0121. The van der Waals surface area contributed by atoms with Crippen LogP contribution in [-0.2, 0) is 0 Å². The lowest BCUT2D eigenvalue weighted by atomic mass is 10.0. The number of hydrogen-bond acceptors (Lipinski definition) is 4. The topological polar surface area (TPSA) is 49.3 Å². The largest absolute Gasteiger partial charge is 0.340 e. The summed E-state index contributed by atoms with van der Waals surface area (Å²) in [5, 5.41) is 0. The molecule has 118 valence electrons. The number of rotatable bonds is 2. The van der Waals surface area contributed by atoms with Crippen LogP contribution in [0.5, 0.6) is 0 Å². The quantitative estimate of drug-likeness (QED) is 0.849. The van der Waals surface area contributed by atoms with Gasteiger partial charge in [-0.2, -0.15) is 0 Å². The molecular weight excluding hydrogens is 295 g/mol. The van der Waals surface area contributed by atoms with Gasteiger partial charge in [0.15, 0.2) is 0 Å². The predicted molar refractivity (Wildman–Crippen MR) is 83.5 cm³/mol. The van der Waals surface area contributed by atoms with Gasteiger partial charge < -0.3 is 9.80 Å². The van der Waals surface area contributed by atoms with Crippen molar-refractivity contribution in [2.24, 2.45) is 11.8 Å². The monoisotopic (exact) mass is 312 g/mol. The summed E-state index contributed by atoms with van der Waals surface area (Å²) < 4.78 is 13.0. The first-order valence-electron chi connectivity index (χ1n) is 7.77. The number of likely N-dealkylation sites (tertiary alicyclic amines) is 1. The highest BCUT2D eigenvalue weighted by Crippen LogP contribution is 2.33. The molecule has 2 aromatic rings. The Labute approximate surface area is 133 Å². The maximum Gasteiger partial charge on any atom is 0.253 e. The average Bonchev–Trinajstić information content (AvgIpc) is 3.14. The summed E-state index contributed by atoms with van der Waals surface area (Å²) in [7, 11) is 0. The molecule has 1 aromatic carbocycles. The molecule has 0 unspecified atom stereocenters. The molecule has 2 saturated heterocycles. The Balaban J connectivity index is 1.42. The fourth-order valence-corrected chi connectivity index (χ4v) is 3.55. The van der Waals surface area contributed by atoms with E-state index in [9.17, 15) is 9.18 Å². The van der Waals surface area contributed by atoms with Crippen LogP contribution in [0.4, 0.5) is 10.3 Å². The number of amides is 1. The first kappa shape index (κ1) is 14.1. The maximum atomic E-state index is 13.0. The predicted octanol–water partition coefficient (Wildman–Crippen LogP) is 1.82. The number of hydrogen-bond donors (Lipinski definition) is 0. The zero-order valence-corrected chi connectivity index (χ0v) is 12.6. The summed E-state index contributed by atoms with van der Waals surface area (Å²) in [4.78, 5) is 25.2. The van der Waals surface area contributed by atoms with E-state index in [0.717, 1.165) is 32.1 Å². The van der Waals surface area contributed by atoms with Gasteiger partial charge in [-0.25, -0.2) is 14.4 Å². The number of benzene rings is 1. The number of nitrogens with zero attached hydrogens (tertiary/aromatic N) is 4. The number of halogens is 1. The molecule has 0 N–H and O–H groups in total. The number of anilines is 1. The Bertz CT molecular complexity index is 692. The molecule has 3 heterocycles. The molecule has 6 heteroatoms. The molecule has 23 heavy (non-hydrogen) atoms. The molecule has 5 nitrogen and oxygen atoms in total. The molecule has 1 aromatic heterocycles. The van der Waals surface area contributed by atoms with Crippen molar-refractivity contribution in [2.45, 2.75) is 0 Å². The van der Waals surface area contributed by atoms with Gasteiger partial charge >= 0.3 is 0 Å². The van der Waals surface area contributed by atoms with E-state index in [1.165, 1.54) is 12.1 Å². The lowest BCUT2D eigenvalue weighted by Gasteiger charge is -2.21. The van der Waals surface area contributed by atoms with E-state index < -0.39 is 0 Å². The van der Waals surface area contributed by atoms with E-state index in [-0.39, 0.29) is 11.7 Å². The van der Waals surface area contributed by atoms with Crippen molar-refractivity contribution in [3.05, 3.63) is 54.1 Å². The third kappa shape index (κ3) is 2.65. The Kier molecular flexibility index (Phi) is 3.44. The lowest BCUT2D eigenvalue weighted by molar-refractivity contribution is 0.0782. The lowest BCUT2D eigenvalue weighted by Crippen LogP contribution is -2.33. The average molecular weight is 312 g/mol. The molecule has 2 atom stereocenters. The van der Waals surface area contributed by atoms with E-state index >= 15 is 0 Å². The van der Waals surface area contributed by atoms with Gasteiger partial charge in [0.25, 0.3) is 5.91 Å². The molecule has 2 aliphatic rings.